The number of hydrogen-bond donors (Lipinski definition) is 0. The summed E-state index contributed by atoms with van der Waals surface area (Å²) in [5.41, 5.74) is 0.375. The predicted octanol–water partition coefficient (Wildman–Crippen LogP) is 3.31. The number of esters is 1. The largest absolute Gasteiger partial charge is 0.469 e. The Morgan fingerprint density at radius 3 is 2.28 bits per heavy atom. The lowest BCUT2D eigenvalue weighted by Crippen LogP contribution is -2.36. The molecule has 0 aliphatic rings. The molecular formula is C13H13F3O2. The molecule has 1 aromatic rings. The molecule has 2 nitrogen and oxygen atoms in total. The molecule has 0 aliphatic carbocycles. The van der Waals surface area contributed by atoms with Gasteiger partial charge in [0.1, 0.15) is 0 Å². The standard InChI is InChI=1S/C13H13F3O2/c1-3-10(9-7-5-4-6-8-9)11(12(17)18-2)13(14,15)16/h3-8,10-11H,1H2,2H3. The fraction of sp³-hybridized carbons (Fsp3) is 0.308. The Bertz CT molecular complexity index is 412. The van der Waals surface area contributed by atoms with E-state index in [0.717, 1.165) is 13.2 Å². The number of carbonyl (C=O) groups is 1. The van der Waals surface area contributed by atoms with Gasteiger partial charge in [0.25, 0.3) is 0 Å². The summed E-state index contributed by atoms with van der Waals surface area (Å²) in [6.45, 7) is 3.38. The summed E-state index contributed by atoms with van der Waals surface area (Å²) in [5, 5.41) is 0. The summed E-state index contributed by atoms with van der Waals surface area (Å²) in [4.78, 5) is 11.3. The third-order valence-electron chi connectivity index (χ3n) is 2.61. The molecule has 0 saturated carbocycles. The van der Waals surface area contributed by atoms with Gasteiger partial charge in [0, 0.05) is 5.92 Å². The molecule has 0 spiro atoms. The average molecular weight is 258 g/mol. The van der Waals surface area contributed by atoms with Crippen LogP contribution in [0.25, 0.3) is 0 Å². The number of carbonyl (C=O) groups excluding carboxylic acids is 1. The third-order valence-corrected chi connectivity index (χ3v) is 2.61. The average Bonchev–Trinajstić information content (AvgIpc) is 2.34. The minimum atomic E-state index is -4.68. The Morgan fingerprint density at radius 1 is 1.33 bits per heavy atom. The number of ether oxygens (including phenoxy) is 1. The van der Waals surface area contributed by atoms with Gasteiger partial charge in [0.2, 0.25) is 0 Å². The van der Waals surface area contributed by atoms with Crippen LogP contribution in [0.5, 0.6) is 0 Å². The maximum atomic E-state index is 12.9. The lowest BCUT2D eigenvalue weighted by molar-refractivity contribution is -0.198. The van der Waals surface area contributed by atoms with E-state index in [4.69, 9.17) is 0 Å². The van der Waals surface area contributed by atoms with Crippen molar-refractivity contribution in [3.8, 4) is 0 Å². The molecule has 5 heteroatoms. The highest BCUT2D eigenvalue weighted by molar-refractivity contribution is 5.75. The van der Waals surface area contributed by atoms with Gasteiger partial charge in [-0.2, -0.15) is 13.2 Å². The Balaban J connectivity index is 3.18. The SMILES string of the molecule is C=CC(c1ccccc1)C(C(=O)OC)C(F)(F)F. The first-order valence-electron chi connectivity index (χ1n) is 5.24. The molecule has 0 amide bonds. The van der Waals surface area contributed by atoms with Gasteiger partial charge in [-0.05, 0) is 5.56 Å². The molecule has 0 aliphatic heterocycles. The van der Waals surface area contributed by atoms with Gasteiger partial charge in [-0.15, -0.1) is 6.58 Å². The summed E-state index contributed by atoms with van der Waals surface area (Å²) < 4.78 is 43.0. The highest BCUT2D eigenvalue weighted by atomic mass is 19.4. The fourth-order valence-electron chi connectivity index (χ4n) is 1.75. The first-order chi connectivity index (χ1) is 8.41. The fourth-order valence-corrected chi connectivity index (χ4v) is 1.75. The minimum Gasteiger partial charge on any atom is -0.469 e. The molecule has 18 heavy (non-hydrogen) atoms. The third kappa shape index (κ3) is 3.12. The van der Waals surface area contributed by atoms with E-state index in [9.17, 15) is 18.0 Å². The molecule has 2 atom stereocenters. The van der Waals surface area contributed by atoms with Crippen LogP contribution in [-0.2, 0) is 9.53 Å². The van der Waals surface area contributed by atoms with Crippen LogP contribution in [0, 0.1) is 5.92 Å². The number of allylic oxidation sites excluding steroid dienone is 1. The van der Waals surface area contributed by atoms with E-state index in [1.54, 1.807) is 18.2 Å². The van der Waals surface area contributed by atoms with Gasteiger partial charge >= 0.3 is 12.1 Å². The van der Waals surface area contributed by atoms with Gasteiger partial charge in [-0.1, -0.05) is 36.4 Å². The molecule has 0 radical (unpaired) electrons. The quantitative estimate of drug-likeness (QED) is 0.611. The smallest absolute Gasteiger partial charge is 0.403 e. The molecule has 0 aromatic heterocycles. The molecule has 98 valence electrons. The Hall–Kier alpha value is -1.78. The van der Waals surface area contributed by atoms with E-state index < -0.39 is 24.0 Å². The first kappa shape index (κ1) is 14.3. The van der Waals surface area contributed by atoms with Gasteiger partial charge < -0.3 is 4.74 Å². The summed E-state index contributed by atoms with van der Waals surface area (Å²) >= 11 is 0. The van der Waals surface area contributed by atoms with Crippen molar-refractivity contribution in [1.82, 2.24) is 0 Å². The zero-order valence-electron chi connectivity index (χ0n) is 9.78. The first-order valence-corrected chi connectivity index (χ1v) is 5.24. The minimum absolute atomic E-state index is 0.375. The van der Waals surface area contributed by atoms with Crippen LogP contribution in [0.3, 0.4) is 0 Å². The number of hydrogen-bond acceptors (Lipinski definition) is 2. The summed E-state index contributed by atoms with van der Waals surface area (Å²) in [7, 11) is 0.937. The van der Waals surface area contributed by atoms with Crippen molar-refractivity contribution in [3.05, 3.63) is 48.6 Å². The van der Waals surface area contributed by atoms with E-state index in [0.29, 0.717) is 5.56 Å². The molecule has 0 N–H and O–H groups in total. The lowest BCUT2D eigenvalue weighted by atomic mass is 9.85. The Labute approximate surface area is 103 Å². The van der Waals surface area contributed by atoms with E-state index >= 15 is 0 Å². The van der Waals surface area contributed by atoms with Crippen LogP contribution in [0.1, 0.15) is 11.5 Å². The second kappa shape index (κ2) is 5.71. The van der Waals surface area contributed by atoms with Gasteiger partial charge in [-0.25, -0.2) is 0 Å². The highest BCUT2D eigenvalue weighted by Gasteiger charge is 2.50. The van der Waals surface area contributed by atoms with Gasteiger partial charge in [-0.3, -0.25) is 4.79 Å². The molecular weight excluding hydrogens is 245 g/mol. The van der Waals surface area contributed by atoms with E-state index in [1.165, 1.54) is 12.1 Å². The second-order valence-corrected chi connectivity index (χ2v) is 3.71. The van der Waals surface area contributed by atoms with E-state index in [-0.39, 0.29) is 0 Å². The Morgan fingerprint density at radius 2 is 1.89 bits per heavy atom. The van der Waals surface area contributed by atoms with Crippen LogP contribution in [-0.4, -0.2) is 19.3 Å². The van der Waals surface area contributed by atoms with Crippen molar-refractivity contribution < 1.29 is 22.7 Å². The number of methoxy groups -OCH3 is 1. The van der Waals surface area contributed by atoms with Crippen LogP contribution >= 0.6 is 0 Å². The van der Waals surface area contributed by atoms with Crippen molar-refractivity contribution in [2.24, 2.45) is 5.92 Å². The molecule has 0 heterocycles. The molecule has 0 fully saturated rings. The van der Waals surface area contributed by atoms with E-state index in [2.05, 4.69) is 11.3 Å². The van der Waals surface area contributed by atoms with Gasteiger partial charge in [0.05, 0.1) is 7.11 Å². The number of rotatable bonds is 4. The molecule has 1 aromatic carbocycles. The van der Waals surface area contributed by atoms with E-state index in [1.807, 2.05) is 0 Å². The molecule has 1 rings (SSSR count). The van der Waals surface area contributed by atoms with Crippen molar-refractivity contribution in [2.75, 3.05) is 7.11 Å². The molecule has 2 unspecified atom stereocenters. The lowest BCUT2D eigenvalue weighted by Gasteiger charge is -2.24. The van der Waals surface area contributed by atoms with Crippen molar-refractivity contribution >= 4 is 5.97 Å². The summed E-state index contributed by atoms with van der Waals surface area (Å²) in [6.07, 6.45) is -3.56. The molecule has 0 bridgehead atoms. The topological polar surface area (TPSA) is 26.3 Å². The number of alkyl halides is 3. The van der Waals surface area contributed by atoms with Crippen molar-refractivity contribution in [1.29, 1.82) is 0 Å². The summed E-state index contributed by atoms with van der Waals surface area (Å²) in [6, 6.07) is 7.94. The van der Waals surface area contributed by atoms with Crippen LogP contribution in [0.2, 0.25) is 0 Å². The summed E-state index contributed by atoms with van der Waals surface area (Å²) in [5.74, 6) is -4.70. The monoisotopic (exact) mass is 258 g/mol. The highest BCUT2D eigenvalue weighted by Crippen LogP contribution is 2.39. The maximum absolute atomic E-state index is 12.9. The zero-order valence-corrected chi connectivity index (χ0v) is 9.78. The van der Waals surface area contributed by atoms with Crippen molar-refractivity contribution in [2.45, 2.75) is 12.1 Å². The van der Waals surface area contributed by atoms with Crippen LogP contribution in [0.4, 0.5) is 13.2 Å². The predicted molar refractivity (Wildman–Crippen MR) is 60.9 cm³/mol. The maximum Gasteiger partial charge on any atom is 0.403 e. The number of benzene rings is 1. The Kier molecular flexibility index (Phi) is 4.53. The zero-order chi connectivity index (χ0) is 13.8. The second-order valence-electron chi connectivity index (χ2n) is 3.71. The normalized spacial score (nSPS) is 14.7. The molecule has 0 saturated heterocycles. The van der Waals surface area contributed by atoms with Crippen LogP contribution < -0.4 is 0 Å². The van der Waals surface area contributed by atoms with Crippen molar-refractivity contribution in [3.63, 3.8) is 0 Å². The number of halogens is 3. The van der Waals surface area contributed by atoms with Gasteiger partial charge in [0.15, 0.2) is 5.92 Å². The van der Waals surface area contributed by atoms with Crippen LogP contribution in [0.15, 0.2) is 43.0 Å².